The number of aromatic nitrogens is 3. The molecular weight excluding hydrogens is 372 g/mol. The van der Waals surface area contributed by atoms with Crippen molar-refractivity contribution >= 4 is 5.91 Å². The number of carbonyl (C=O) groups is 1. The third-order valence-electron chi connectivity index (χ3n) is 5.27. The molecule has 1 amide bonds. The molecule has 1 aliphatic rings. The normalized spacial score (nSPS) is 15.8. The highest BCUT2D eigenvalue weighted by atomic mass is 16.5. The van der Waals surface area contributed by atoms with Gasteiger partial charge in [0.2, 0.25) is 0 Å². The molecule has 0 saturated carbocycles. The Morgan fingerprint density at radius 3 is 2.79 bits per heavy atom. The third kappa shape index (κ3) is 3.88. The Hall–Kier alpha value is -3.13. The van der Waals surface area contributed by atoms with Crippen molar-refractivity contribution in [1.82, 2.24) is 20.0 Å². The van der Waals surface area contributed by atoms with Crippen LogP contribution < -0.4 is 10.1 Å². The minimum atomic E-state index is -0.197. The van der Waals surface area contributed by atoms with Crippen LogP contribution in [0.15, 0.2) is 35.1 Å². The monoisotopic (exact) mass is 396 g/mol. The molecule has 3 aromatic rings. The van der Waals surface area contributed by atoms with Crippen molar-refractivity contribution < 1.29 is 18.8 Å². The molecule has 152 valence electrons. The molecule has 0 aliphatic carbocycles. The maximum absolute atomic E-state index is 12.6. The summed E-state index contributed by atoms with van der Waals surface area (Å²) in [5.74, 6) is 1.40. The van der Waals surface area contributed by atoms with Gasteiger partial charge < -0.3 is 23.9 Å². The Morgan fingerprint density at radius 2 is 2.10 bits per heavy atom. The Bertz CT molecular complexity index is 987. The topological polar surface area (TPSA) is 91.4 Å². The molecule has 0 radical (unpaired) electrons. The maximum Gasteiger partial charge on any atom is 0.271 e. The van der Waals surface area contributed by atoms with Crippen LogP contribution in [0.1, 0.15) is 44.9 Å². The number of methoxy groups -OCH3 is 1. The van der Waals surface area contributed by atoms with E-state index in [4.69, 9.17) is 14.0 Å². The SMILES string of the molecule is COc1ccc(C2Cn3cnc(C(=O)NCCc4c(C)noc4C)c3CO2)cc1. The Kier molecular flexibility index (Phi) is 5.35. The predicted molar refractivity (Wildman–Crippen MR) is 105 cm³/mol. The van der Waals surface area contributed by atoms with E-state index in [0.29, 0.717) is 31.8 Å². The van der Waals surface area contributed by atoms with Crippen LogP contribution in [-0.4, -0.2) is 34.3 Å². The molecule has 1 atom stereocenters. The van der Waals surface area contributed by atoms with Crippen molar-refractivity contribution in [1.29, 1.82) is 0 Å². The number of amides is 1. The number of fused-ring (bicyclic) bond motifs is 1. The van der Waals surface area contributed by atoms with Gasteiger partial charge in [0.05, 0.1) is 38.0 Å². The van der Waals surface area contributed by atoms with Crippen molar-refractivity contribution in [2.75, 3.05) is 13.7 Å². The smallest absolute Gasteiger partial charge is 0.271 e. The first-order valence-corrected chi connectivity index (χ1v) is 9.56. The number of benzene rings is 1. The molecule has 3 heterocycles. The van der Waals surface area contributed by atoms with Gasteiger partial charge in [0, 0.05) is 12.1 Å². The Labute approximate surface area is 168 Å². The fraction of sp³-hybridized carbons (Fsp3) is 0.381. The van der Waals surface area contributed by atoms with Crippen molar-refractivity contribution in [3.8, 4) is 5.75 Å². The zero-order chi connectivity index (χ0) is 20.4. The van der Waals surface area contributed by atoms with Crippen molar-refractivity contribution in [3.63, 3.8) is 0 Å². The van der Waals surface area contributed by atoms with Crippen LogP contribution in [0.5, 0.6) is 5.75 Å². The van der Waals surface area contributed by atoms with Gasteiger partial charge in [-0.05, 0) is 38.0 Å². The van der Waals surface area contributed by atoms with Gasteiger partial charge in [-0.25, -0.2) is 4.98 Å². The van der Waals surface area contributed by atoms with E-state index in [9.17, 15) is 4.79 Å². The zero-order valence-electron chi connectivity index (χ0n) is 16.8. The summed E-state index contributed by atoms with van der Waals surface area (Å²) < 4.78 is 18.4. The minimum Gasteiger partial charge on any atom is -0.497 e. The van der Waals surface area contributed by atoms with Crippen molar-refractivity contribution in [3.05, 3.63) is 64.6 Å². The van der Waals surface area contributed by atoms with E-state index in [0.717, 1.165) is 34.0 Å². The average molecular weight is 396 g/mol. The number of rotatable bonds is 6. The number of hydrogen-bond acceptors (Lipinski definition) is 6. The molecule has 0 fully saturated rings. The molecule has 4 rings (SSSR count). The first-order valence-electron chi connectivity index (χ1n) is 9.56. The molecule has 8 heteroatoms. The highest BCUT2D eigenvalue weighted by Crippen LogP contribution is 2.28. The van der Waals surface area contributed by atoms with Crippen molar-refractivity contribution in [2.24, 2.45) is 0 Å². The summed E-state index contributed by atoms with van der Waals surface area (Å²) in [6, 6.07) is 7.82. The minimum absolute atomic E-state index is 0.0851. The van der Waals surface area contributed by atoms with Crippen molar-refractivity contribution in [2.45, 2.75) is 39.5 Å². The zero-order valence-corrected chi connectivity index (χ0v) is 16.8. The lowest BCUT2D eigenvalue weighted by atomic mass is 10.1. The van der Waals surface area contributed by atoms with Gasteiger partial charge in [0.15, 0.2) is 5.69 Å². The molecule has 1 unspecified atom stereocenters. The summed E-state index contributed by atoms with van der Waals surface area (Å²) in [6.07, 6.45) is 2.29. The summed E-state index contributed by atoms with van der Waals surface area (Å²) in [5.41, 5.74) is 4.16. The number of carbonyl (C=O) groups excluding carboxylic acids is 1. The largest absolute Gasteiger partial charge is 0.497 e. The second kappa shape index (κ2) is 8.08. The number of nitrogens with zero attached hydrogens (tertiary/aromatic N) is 3. The maximum atomic E-state index is 12.6. The van der Waals surface area contributed by atoms with Crippen LogP contribution in [0.2, 0.25) is 0 Å². The molecule has 0 saturated heterocycles. The van der Waals surface area contributed by atoms with Gasteiger partial charge in [-0.2, -0.15) is 0 Å². The highest BCUT2D eigenvalue weighted by Gasteiger charge is 2.26. The van der Waals surface area contributed by atoms with Crippen LogP contribution >= 0.6 is 0 Å². The van der Waals surface area contributed by atoms with E-state index in [1.165, 1.54) is 0 Å². The standard InChI is InChI=1S/C21H24N4O4/c1-13-17(14(2)29-24-13)8-9-22-21(26)20-18-11-28-19(10-25(18)12-23-20)15-4-6-16(27-3)7-5-15/h4-7,12,19H,8-11H2,1-3H3,(H,22,26). The number of ether oxygens (including phenoxy) is 2. The summed E-state index contributed by atoms with van der Waals surface area (Å²) in [6.45, 7) is 5.21. The summed E-state index contributed by atoms with van der Waals surface area (Å²) >= 11 is 0. The number of hydrogen-bond donors (Lipinski definition) is 1. The summed E-state index contributed by atoms with van der Waals surface area (Å²) in [4.78, 5) is 16.9. The van der Waals surface area contributed by atoms with Gasteiger partial charge in [-0.15, -0.1) is 0 Å². The quantitative estimate of drug-likeness (QED) is 0.689. The molecular formula is C21H24N4O4. The van der Waals surface area contributed by atoms with E-state index in [2.05, 4.69) is 15.5 Å². The highest BCUT2D eigenvalue weighted by molar-refractivity contribution is 5.93. The van der Waals surface area contributed by atoms with Gasteiger partial charge in [-0.3, -0.25) is 4.79 Å². The molecule has 1 N–H and O–H groups in total. The van der Waals surface area contributed by atoms with E-state index in [1.54, 1.807) is 13.4 Å². The predicted octanol–water partition coefficient (Wildman–Crippen LogP) is 2.74. The average Bonchev–Trinajstić information content (AvgIpc) is 3.31. The Morgan fingerprint density at radius 1 is 1.31 bits per heavy atom. The van der Waals surface area contributed by atoms with E-state index < -0.39 is 0 Å². The van der Waals surface area contributed by atoms with Crippen LogP contribution in [-0.2, 0) is 24.3 Å². The fourth-order valence-electron chi connectivity index (χ4n) is 3.58. The number of imidazole rings is 1. The van der Waals surface area contributed by atoms with Crippen LogP contribution in [0.3, 0.4) is 0 Å². The third-order valence-corrected chi connectivity index (χ3v) is 5.27. The van der Waals surface area contributed by atoms with Gasteiger partial charge in [-0.1, -0.05) is 17.3 Å². The van der Waals surface area contributed by atoms with Gasteiger partial charge >= 0.3 is 0 Å². The van der Waals surface area contributed by atoms with Crippen LogP contribution in [0, 0.1) is 13.8 Å². The van der Waals surface area contributed by atoms with Crippen LogP contribution in [0.25, 0.3) is 0 Å². The van der Waals surface area contributed by atoms with Gasteiger partial charge in [0.25, 0.3) is 5.91 Å². The lowest BCUT2D eigenvalue weighted by Crippen LogP contribution is -2.29. The lowest BCUT2D eigenvalue weighted by Gasteiger charge is -2.25. The summed E-state index contributed by atoms with van der Waals surface area (Å²) in [5, 5.41) is 6.87. The number of aryl methyl sites for hydroxylation is 2. The molecule has 2 aromatic heterocycles. The van der Waals surface area contributed by atoms with E-state index in [-0.39, 0.29) is 12.0 Å². The van der Waals surface area contributed by atoms with E-state index >= 15 is 0 Å². The van der Waals surface area contributed by atoms with E-state index in [1.807, 2.05) is 42.7 Å². The summed E-state index contributed by atoms with van der Waals surface area (Å²) in [7, 11) is 1.64. The fourth-order valence-corrected chi connectivity index (χ4v) is 3.58. The molecule has 0 spiro atoms. The first kappa shape index (κ1) is 19.2. The Balaban J connectivity index is 1.39. The molecule has 0 bridgehead atoms. The molecule has 29 heavy (non-hydrogen) atoms. The second-order valence-corrected chi connectivity index (χ2v) is 7.07. The first-order chi connectivity index (χ1) is 14.1. The molecule has 1 aliphatic heterocycles. The van der Waals surface area contributed by atoms with Gasteiger partial charge in [0.1, 0.15) is 17.6 Å². The lowest BCUT2D eigenvalue weighted by molar-refractivity contribution is 0.00256. The number of nitrogens with one attached hydrogen (secondary N) is 1. The van der Waals surface area contributed by atoms with Crippen LogP contribution in [0.4, 0.5) is 0 Å². The second-order valence-electron chi connectivity index (χ2n) is 7.07. The molecule has 1 aromatic carbocycles. The molecule has 8 nitrogen and oxygen atoms in total.